The summed E-state index contributed by atoms with van der Waals surface area (Å²) in [5.74, 6) is -0.741. The number of nitrogens with zero attached hydrogens (tertiary/aromatic N) is 2. The predicted molar refractivity (Wildman–Crippen MR) is 105 cm³/mol. The number of methoxy groups -OCH3 is 1. The number of rotatable bonds is 5. The van der Waals surface area contributed by atoms with Crippen molar-refractivity contribution in [2.45, 2.75) is 24.5 Å². The number of benzene rings is 2. The molecule has 162 valence electrons. The molecule has 4 atom stereocenters. The van der Waals surface area contributed by atoms with E-state index in [1.807, 2.05) is 0 Å². The minimum Gasteiger partial charge on any atom is -0.493 e. The number of aromatic nitrogens is 2. The third-order valence-corrected chi connectivity index (χ3v) is 5.33. The lowest BCUT2D eigenvalue weighted by atomic mass is 10.1. The summed E-state index contributed by atoms with van der Waals surface area (Å²) in [5.41, 5.74) is 0.855. The topological polar surface area (TPSA) is 74.7 Å². The molecule has 1 unspecified atom stereocenters. The summed E-state index contributed by atoms with van der Waals surface area (Å²) < 4.78 is 63.0. The smallest absolute Gasteiger partial charge is 0.164 e. The van der Waals surface area contributed by atoms with Crippen molar-refractivity contribution in [2.24, 2.45) is 0 Å². The molecule has 5 rings (SSSR count). The molecule has 0 bridgehead atoms. The van der Waals surface area contributed by atoms with Gasteiger partial charge in [0.1, 0.15) is 24.4 Å². The van der Waals surface area contributed by atoms with Crippen molar-refractivity contribution in [1.29, 1.82) is 0 Å². The third-order valence-electron chi connectivity index (χ3n) is 5.33. The normalized spacial score (nSPS) is 24.9. The zero-order valence-electron chi connectivity index (χ0n) is 16.3. The van der Waals surface area contributed by atoms with Crippen molar-refractivity contribution in [2.75, 3.05) is 25.6 Å². The quantitative estimate of drug-likeness (QED) is 0.660. The molecule has 2 aromatic carbocycles. The Bertz CT molecular complexity index is 1130. The van der Waals surface area contributed by atoms with Crippen LogP contribution in [-0.2, 0) is 9.47 Å². The van der Waals surface area contributed by atoms with E-state index in [0.29, 0.717) is 33.9 Å². The number of anilines is 2. The Hall–Kier alpha value is -3.11. The van der Waals surface area contributed by atoms with Gasteiger partial charge in [-0.25, -0.2) is 23.1 Å². The van der Waals surface area contributed by atoms with E-state index >= 15 is 0 Å². The lowest BCUT2D eigenvalue weighted by Gasteiger charge is -2.20. The molecule has 3 aromatic rings. The summed E-state index contributed by atoms with van der Waals surface area (Å²) in [5, 5.41) is 3.54. The number of hydrogen-bond acceptors (Lipinski definition) is 7. The van der Waals surface area contributed by atoms with Gasteiger partial charge in [-0.1, -0.05) is 0 Å². The van der Waals surface area contributed by atoms with Gasteiger partial charge in [0.25, 0.3) is 0 Å². The van der Waals surface area contributed by atoms with Crippen LogP contribution in [0.25, 0.3) is 10.9 Å². The highest BCUT2D eigenvalue weighted by molar-refractivity contribution is 5.93. The van der Waals surface area contributed by atoms with Gasteiger partial charge in [-0.3, -0.25) is 0 Å². The van der Waals surface area contributed by atoms with Gasteiger partial charge in [0.15, 0.2) is 35.4 Å². The van der Waals surface area contributed by atoms with Crippen LogP contribution in [0.2, 0.25) is 0 Å². The van der Waals surface area contributed by atoms with Gasteiger partial charge in [-0.2, -0.15) is 0 Å². The van der Waals surface area contributed by atoms with Crippen LogP contribution in [-0.4, -0.2) is 54.8 Å². The van der Waals surface area contributed by atoms with Gasteiger partial charge in [0, 0.05) is 23.2 Å². The molecule has 2 saturated heterocycles. The molecule has 0 radical (unpaired) electrons. The second-order valence-corrected chi connectivity index (χ2v) is 7.26. The fourth-order valence-corrected chi connectivity index (χ4v) is 3.81. The van der Waals surface area contributed by atoms with Crippen LogP contribution in [0.4, 0.5) is 24.7 Å². The minimum absolute atomic E-state index is 0.0176. The van der Waals surface area contributed by atoms with Crippen LogP contribution in [0, 0.1) is 11.6 Å². The number of ether oxygens (including phenoxy) is 4. The van der Waals surface area contributed by atoms with Crippen molar-refractivity contribution in [1.82, 2.24) is 9.97 Å². The predicted octanol–water partition coefficient (Wildman–Crippen LogP) is 3.54. The molecule has 0 amide bonds. The van der Waals surface area contributed by atoms with Crippen LogP contribution < -0.4 is 14.8 Å². The van der Waals surface area contributed by atoms with E-state index in [-0.39, 0.29) is 13.2 Å². The molecule has 2 aliphatic rings. The van der Waals surface area contributed by atoms with Crippen LogP contribution >= 0.6 is 0 Å². The molecular formula is C21H18F3N3O4. The maximum atomic E-state index is 13.8. The van der Waals surface area contributed by atoms with E-state index in [2.05, 4.69) is 15.3 Å². The van der Waals surface area contributed by atoms with Gasteiger partial charge in [0.2, 0.25) is 0 Å². The lowest BCUT2D eigenvalue weighted by Crippen LogP contribution is -2.33. The standard InChI is InChI=1S/C21H18F3N3O4/c1-28-16-5-11-15(6-17(16)31-18-8-30-19-14(24)7-29-20(18)19)25-9-26-21(11)27-10-2-3-12(22)13(23)4-10/h2-6,9,14,18-20H,7-8H2,1H3,(H,25,26,27)/t14-,18-,19+,20?/m1/s1. The molecule has 1 N–H and O–H groups in total. The fraction of sp³-hybridized carbons (Fsp3) is 0.333. The Morgan fingerprint density at radius 2 is 1.84 bits per heavy atom. The molecular weight excluding hydrogens is 415 g/mol. The van der Waals surface area contributed by atoms with Crippen molar-refractivity contribution in [3.8, 4) is 11.5 Å². The first-order valence-electron chi connectivity index (χ1n) is 9.62. The Kier molecular flexibility index (Phi) is 5.03. The van der Waals surface area contributed by atoms with E-state index in [4.69, 9.17) is 18.9 Å². The number of alkyl halides is 1. The van der Waals surface area contributed by atoms with E-state index in [1.54, 1.807) is 12.1 Å². The zero-order chi connectivity index (χ0) is 21.5. The Balaban J connectivity index is 1.45. The van der Waals surface area contributed by atoms with E-state index < -0.39 is 36.1 Å². The first kappa shape index (κ1) is 19.8. The Morgan fingerprint density at radius 3 is 2.65 bits per heavy atom. The largest absolute Gasteiger partial charge is 0.493 e. The second-order valence-electron chi connectivity index (χ2n) is 7.26. The highest BCUT2D eigenvalue weighted by Gasteiger charge is 2.49. The highest BCUT2D eigenvalue weighted by atomic mass is 19.2. The summed E-state index contributed by atoms with van der Waals surface area (Å²) in [6.07, 6.45) is -1.45. The number of fused-ring (bicyclic) bond motifs is 2. The summed E-state index contributed by atoms with van der Waals surface area (Å²) in [6, 6.07) is 6.80. The number of hydrogen-bond donors (Lipinski definition) is 1. The van der Waals surface area contributed by atoms with Gasteiger partial charge in [-0.05, 0) is 18.2 Å². The van der Waals surface area contributed by atoms with E-state index in [9.17, 15) is 13.2 Å². The SMILES string of the molecule is COc1cc2c(Nc3ccc(F)c(F)c3)ncnc2cc1O[C@@H]1CO[C@@H]2C1OC[C@H]2F. The molecule has 10 heteroatoms. The maximum Gasteiger partial charge on any atom is 0.164 e. The first-order chi connectivity index (χ1) is 15.0. The average Bonchev–Trinajstić information content (AvgIpc) is 3.34. The lowest BCUT2D eigenvalue weighted by molar-refractivity contribution is 0.0271. The van der Waals surface area contributed by atoms with Gasteiger partial charge >= 0.3 is 0 Å². The number of nitrogens with one attached hydrogen (secondary N) is 1. The molecule has 3 heterocycles. The van der Waals surface area contributed by atoms with Gasteiger partial charge < -0.3 is 24.3 Å². The van der Waals surface area contributed by atoms with Crippen LogP contribution in [0.3, 0.4) is 0 Å². The molecule has 1 aromatic heterocycles. The number of halogens is 3. The zero-order valence-corrected chi connectivity index (χ0v) is 16.3. The van der Waals surface area contributed by atoms with E-state index in [1.165, 1.54) is 19.5 Å². The second kappa shape index (κ2) is 7.86. The molecule has 7 nitrogen and oxygen atoms in total. The summed E-state index contributed by atoms with van der Waals surface area (Å²) in [4.78, 5) is 8.46. The molecule has 2 aliphatic heterocycles. The van der Waals surface area contributed by atoms with Crippen molar-refractivity contribution in [3.63, 3.8) is 0 Å². The summed E-state index contributed by atoms with van der Waals surface area (Å²) >= 11 is 0. The highest BCUT2D eigenvalue weighted by Crippen LogP contribution is 2.38. The molecule has 31 heavy (non-hydrogen) atoms. The maximum absolute atomic E-state index is 13.8. The van der Waals surface area contributed by atoms with Crippen LogP contribution in [0.15, 0.2) is 36.7 Å². The Morgan fingerprint density at radius 1 is 1.00 bits per heavy atom. The van der Waals surface area contributed by atoms with Crippen molar-refractivity contribution in [3.05, 3.63) is 48.3 Å². The first-order valence-corrected chi connectivity index (χ1v) is 9.62. The molecule has 0 aliphatic carbocycles. The Labute approximate surface area is 175 Å². The fourth-order valence-electron chi connectivity index (χ4n) is 3.81. The summed E-state index contributed by atoms with van der Waals surface area (Å²) in [7, 11) is 1.48. The summed E-state index contributed by atoms with van der Waals surface area (Å²) in [6.45, 7) is 0.180. The monoisotopic (exact) mass is 433 g/mol. The van der Waals surface area contributed by atoms with Crippen LogP contribution in [0.5, 0.6) is 11.5 Å². The van der Waals surface area contributed by atoms with Crippen molar-refractivity contribution >= 4 is 22.4 Å². The molecule has 2 fully saturated rings. The van der Waals surface area contributed by atoms with Gasteiger partial charge in [-0.15, -0.1) is 0 Å². The van der Waals surface area contributed by atoms with Gasteiger partial charge in [0.05, 0.1) is 25.8 Å². The minimum atomic E-state index is -1.17. The molecule has 0 saturated carbocycles. The van der Waals surface area contributed by atoms with Crippen molar-refractivity contribution < 1.29 is 32.1 Å². The average molecular weight is 433 g/mol. The third kappa shape index (κ3) is 3.61. The van der Waals surface area contributed by atoms with Crippen LogP contribution in [0.1, 0.15) is 0 Å². The van der Waals surface area contributed by atoms with E-state index in [0.717, 1.165) is 12.1 Å². The molecule has 0 spiro atoms.